The Morgan fingerprint density at radius 2 is 1.81 bits per heavy atom. The van der Waals surface area contributed by atoms with Gasteiger partial charge < -0.3 is 4.90 Å². The molecule has 0 N–H and O–H groups in total. The first kappa shape index (κ1) is 13.5. The Labute approximate surface area is 127 Å². The number of anilines is 1. The Balaban J connectivity index is 1.40. The quantitative estimate of drug-likeness (QED) is 0.836. The van der Waals surface area contributed by atoms with Crippen LogP contribution in [0.4, 0.5) is 5.82 Å². The molecule has 1 aromatic rings. The lowest BCUT2D eigenvalue weighted by Crippen LogP contribution is -2.52. The number of fused-ring (bicyclic) bond motifs is 2. The van der Waals surface area contributed by atoms with Gasteiger partial charge in [-0.3, -0.25) is 4.90 Å². The van der Waals surface area contributed by atoms with Crippen molar-refractivity contribution >= 4 is 5.82 Å². The highest BCUT2D eigenvalue weighted by Crippen LogP contribution is 2.46. The van der Waals surface area contributed by atoms with Gasteiger partial charge in [0, 0.05) is 44.0 Å². The summed E-state index contributed by atoms with van der Waals surface area (Å²) in [5, 5.41) is 0. The lowest BCUT2D eigenvalue weighted by atomic mass is 9.93. The molecular weight excluding hydrogens is 260 g/mol. The molecule has 2 bridgehead atoms. The lowest BCUT2D eigenvalue weighted by Gasteiger charge is -2.41. The third-order valence-corrected chi connectivity index (χ3v) is 5.76. The first-order chi connectivity index (χ1) is 10.2. The Kier molecular flexibility index (Phi) is 3.37. The van der Waals surface area contributed by atoms with Crippen molar-refractivity contribution in [3.63, 3.8) is 0 Å². The number of nitrogens with zero attached hydrogens (tertiary/aromatic N) is 4. The van der Waals surface area contributed by atoms with E-state index >= 15 is 0 Å². The van der Waals surface area contributed by atoms with Gasteiger partial charge in [0.25, 0.3) is 0 Å². The molecule has 114 valence electrons. The highest BCUT2D eigenvalue weighted by Gasteiger charge is 2.42. The van der Waals surface area contributed by atoms with Gasteiger partial charge in [-0.05, 0) is 44.9 Å². The highest BCUT2D eigenvalue weighted by atomic mass is 15.3. The van der Waals surface area contributed by atoms with E-state index in [1.807, 2.05) is 6.92 Å². The summed E-state index contributed by atoms with van der Waals surface area (Å²) in [6.07, 6.45) is 5.96. The molecule has 3 fully saturated rings. The van der Waals surface area contributed by atoms with Crippen molar-refractivity contribution < 1.29 is 0 Å². The van der Waals surface area contributed by atoms with Crippen LogP contribution in [-0.4, -0.2) is 47.1 Å². The van der Waals surface area contributed by atoms with Crippen LogP contribution in [0.1, 0.15) is 37.2 Å². The maximum Gasteiger partial charge on any atom is 0.132 e. The molecule has 4 rings (SSSR count). The standard InChI is InChI=1S/C17H26N4/c1-12-9-17(19-13(2)18-12)21-7-5-20(6-8-21)16-11-14-3-4-15(16)10-14/h9,14-16H,3-8,10-11H2,1-2H3. The number of hydrogen-bond acceptors (Lipinski definition) is 4. The molecule has 2 heterocycles. The molecule has 0 amide bonds. The van der Waals surface area contributed by atoms with Gasteiger partial charge in [-0.25, -0.2) is 9.97 Å². The summed E-state index contributed by atoms with van der Waals surface area (Å²) >= 11 is 0. The Morgan fingerprint density at radius 1 is 1.00 bits per heavy atom. The molecule has 0 radical (unpaired) electrons. The van der Waals surface area contributed by atoms with E-state index in [4.69, 9.17) is 0 Å². The SMILES string of the molecule is Cc1cc(N2CCN(C3CC4CCC3C4)CC2)nc(C)n1. The van der Waals surface area contributed by atoms with Crippen molar-refractivity contribution in [2.75, 3.05) is 31.1 Å². The van der Waals surface area contributed by atoms with Gasteiger partial charge in [0.1, 0.15) is 11.6 Å². The lowest BCUT2D eigenvalue weighted by molar-refractivity contribution is 0.134. The zero-order valence-electron chi connectivity index (χ0n) is 13.3. The monoisotopic (exact) mass is 286 g/mol. The van der Waals surface area contributed by atoms with Crippen LogP contribution in [0.5, 0.6) is 0 Å². The Bertz CT molecular complexity index is 501. The first-order valence-electron chi connectivity index (χ1n) is 8.50. The summed E-state index contributed by atoms with van der Waals surface area (Å²) in [7, 11) is 0. The fourth-order valence-electron chi connectivity index (χ4n) is 4.80. The van der Waals surface area contributed by atoms with Crippen LogP contribution in [0.15, 0.2) is 6.07 Å². The molecular formula is C17H26N4. The molecule has 2 aliphatic carbocycles. The third kappa shape index (κ3) is 2.54. The van der Waals surface area contributed by atoms with E-state index in [0.717, 1.165) is 48.3 Å². The van der Waals surface area contributed by atoms with Gasteiger partial charge in [0.05, 0.1) is 0 Å². The van der Waals surface area contributed by atoms with Crippen LogP contribution in [0.3, 0.4) is 0 Å². The number of hydrogen-bond donors (Lipinski definition) is 0. The van der Waals surface area contributed by atoms with E-state index in [9.17, 15) is 0 Å². The Morgan fingerprint density at radius 3 is 2.43 bits per heavy atom. The largest absolute Gasteiger partial charge is 0.354 e. The van der Waals surface area contributed by atoms with Gasteiger partial charge in [0.2, 0.25) is 0 Å². The van der Waals surface area contributed by atoms with E-state index in [0.29, 0.717) is 0 Å². The fourth-order valence-corrected chi connectivity index (χ4v) is 4.80. The second-order valence-corrected chi connectivity index (χ2v) is 7.18. The molecule has 3 atom stereocenters. The summed E-state index contributed by atoms with van der Waals surface area (Å²) in [4.78, 5) is 14.2. The van der Waals surface area contributed by atoms with Crippen LogP contribution in [0.2, 0.25) is 0 Å². The number of piperazine rings is 1. The zero-order chi connectivity index (χ0) is 14.4. The summed E-state index contributed by atoms with van der Waals surface area (Å²) in [5.41, 5.74) is 1.08. The molecule has 1 aromatic heterocycles. The first-order valence-corrected chi connectivity index (χ1v) is 8.50. The topological polar surface area (TPSA) is 32.3 Å². The summed E-state index contributed by atoms with van der Waals surface area (Å²) in [6.45, 7) is 8.69. The second kappa shape index (κ2) is 5.24. The molecule has 4 nitrogen and oxygen atoms in total. The van der Waals surface area contributed by atoms with Gasteiger partial charge in [-0.2, -0.15) is 0 Å². The van der Waals surface area contributed by atoms with E-state index in [2.05, 4.69) is 32.8 Å². The van der Waals surface area contributed by atoms with Crippen LogP contribution < -0.4 is 4.90 Å². The van der Waals surface area contributed by atoms with Crippen molar-refractivity contribution in [1.29, 1.82) is 0 Å². The van der Waals surface area contributed by atoms with Crippen molar-refractivity contribution in [3.8, 4) is 0 Å². The van der Waals surface area contributed by atoms with E-state index in [1.165, 1.54) is 38.8 Å². The Hall–Kier alpha value is -1.16. The summed E-state index contributed by atoms with van der Waals surface area (Å²) < 4.78 is 0. The van der Waals surface area contributed by atoms with E-state index < -0.39 is 0 Å². The number of aromatic nitrogens is 2. The average Bonchev–Trinajstić information content (AvgIpc) is 3.09. The summed E-state index contributed by atoms with van der Waals surface area (Å²) in [5.74, 6) is 4.06. The maximum absolute atomic E-state index is 4.61. The van der Waals surface area contributed by atoms with Crippen molar-refractivity contribution in [2.24, 2.45) is 11.8 Å². The molecule has 4 heteroatoms. The molecule has 1 aliphatic heterocycles. The van der Waals surface area contributed by atoms with Crippen molar-refractivity contribution in [1.82, 2.24) is 14.9 Å². The van der Waals surface area contributed by atoms with Crippen LogP contribution in [0, 0.1) is 25.7 Å². The zero-order valence-corrected chi connectivity index (χ0v) is 13.3. The predicted octanol–water partition coefficient (Wildman–Crippen LogP) is 2.40. The van der Waals surface area contributed by atoms with Crippen LogP contribution in [0.25, 0.3) is 0 Å². The second-order valence-electron chi connectivity index (χ2n) is 7.18. The van der Waals surface area contributed by atoms with Gasteiger partial charge in [-0.15, -0.1) is 0 Å². The van der Waals surface area contributed by atoms with Crippen molar-refractivity contribution in [2.45, 2.75) is 45.6 Å². The molecule has 0 spiro atoms. The van der Waals surface area contributed by atoms with Gasteiger partial charge in [-0.1, -0.05) is 6.42 Å². The molecule has 21 heavy (non-hydrogen) atoms. The summed E-state index contributed by atoms with van der Waals surface area (Å²) in [6, 6.07) is 3.01. The molecule has 2 saturated carbocycles. The number of rotatable bonds is 2. The maximum atomic E-state index is 4.61. The highest BCUT2D eigenvalue weighted by molar-refractivity contribution is 5.40. The van der Waals surface area contributed by atoms with Crippen LogP contribution >= 0.6 is 0 Å². The molecule has 0 aromatic carbocycles. The fraction of sp³-hybridized carbons (Fsp3) is 0.765. The number of aryl methyl sites for hydroxylation is 2. The molecule has 3 aliphatic rings. The normalized spacial score (nSPS) is 32.9. The van der Waals surface area contributed by atoms with Crippen LogP contribution in [-0.2, 0) is 0 Å². The average molecular weight is 286 g/mol. The smallest absolute Gasteiger partial charge is 0.132 e. The minimum atomic E-state index is 0.889. The molecule has 1 saturated heterocycles. The van der Waals surface area contributed by atoms with E-state index in [-0.39, 0.29) is 0 Å². The van der Waals surface area contributed by atoms with Gasteiger partial charge >= 0.3 is 0 Å². The molecule has 3 unspecified atom stereocenters. The van der Waals surface area contributed by atoms with E-state index in [1.54, 1.807) is 0 Å². The van der Waals surface area contributed by atoms with Gasteiger partial charge in [0.15, 0.2) is 0 Å². The minimum Gasteiger partial charge on any atom is -0.354 e. The third-order valence-electron chi connectivity index (χ3n) is 5.76. The predicted molar refractivity (Wildman–Crippen MR) is 84.5 cm³/mol. The van der Waals surface area contributed by atoms with Crippen molar-refractivity contribution in [3.05, 3.63) is 17.6 Å². The minimum absolute atomic E-state index is 0.889.